The summed E-state index contributed by atoms with van der Waals surface area (Å²) in [5.41, 5.74) is 0. The van der Waals surface area contributed by atoms with Crippen LogP contribution in [0.25, 0.3) is 0 Å². The average molecular weight is 364 g/mol. The van der Waals surface area contributed by atoms with Crippen molar-refractivity contribution in [3.63, 3.8) is 0 Å². The molecule has 0 rings (SSSR count). The van der Waals surface area contributed by atoms with Crippen molar-refractivity contribution in [1.82, 2.24) is 0 Å². The topological polar surface area (TPSA) is 0 Å². The summed E-state index contributed by atoms with van der Waals surface area (Å²) in [5, 5.41) is 0. The molecule has 0 aliphatic rings. The third-order valence-electron chi connectivity index (χ3n) is 1.23. The number of hydrogen-bond donors (Lipinski definition) is 0. The Morgan fingerprint density at radius 3 is 1.40 bits per heavy atom. The molecular formula is C8H14I2. The maximum Gasteiger partial charge on any atom is -0.000153 e. The van der Waals surface area contributed by atoms with Gasteiger partial charge in [0.1, 0.15) is 0 Å². The van der Waals surface area contributed by atoms with Crippen LogP contribution in [0, 0.1) is 0 Å². The lowest BCUT2D eigenvalue weighted by Gasteiger charge is -2.00. The normalized spacial score (nSPS) is 13.2. The molecule has 0 aromatic carbocycles. The van der Waals surface area contributed by atoms with Crippen LogP contribution in [0.5, 0.6) is 0 Å². The molecule has 0 fully saturated rings. The van der Waals surface area contributed by atoms with Gasteiger partial charge in [0, 0.05) is 0 Å². The minimum atomic E-state index is 1.26. The zero-order chi connectivity index (χ0) is 7.98. The van der Waals surface area contributed by atoms with Crippen LogP contribution in [0.1, 0.15) is 39.5 Å². The third kappa shape index (κ3) is 4.93. The average Bonchev–Trinajstić information content (AvgIpc) is 1.89. The van der Waals surface area contributed by atoms with Gasteiger partial charge in [-0.25, -0.2) is 0 Å². The minimum Gasteiger partial charge on any atom is -0.0650 e. The first-order valence-electron chi connectivity index (χ1n) is 3.75. The highest BCUT2D eigenvalue weighted by Gasteiger charge is 1.97. The molecule has 0 spiro atoms. The van der Waals surface area contributed by atoms with Gasteiger partial charge in [-0.3, -0.25) is 0 Å². The lowest BCUT2D eigenvalue weighted by atomic mass is 10.2. The van der Waals surface area contributed by atoms with E-state index in [0.717, 1.165) is 0 Å². The fourth-order valence-electron chi connectivity index (χ4n) is 0.710. The van der Waals surface area contributed by atoms with Gasteiger partial charge < -0.3 is 0 Å². The van der Waals surface area contributed by atoms with E-state index in [0.29, 0.717) is 0 Å². The Labute approximate surface area is 91.1 Å². The van der Waals surface area contributed by atoms with Gasteiger partial charge in [0.2, 0.25) is 0 Å². The fourth-order valence-corrected chi connectivity index (χ4v) is 2.33. The molecule has 0 radical (unpaired) electrons. The monoisotopic (exact) mass is 364 g/mol. The molecule has 0 bridgehead atoms. The van der Waals surface area contributed by atoms with E-state index < -0.39 is 0 Å². The summed E-state index contributed by atoms with van der Waals surface area (Å²) in [7, 11) is 0. The van der Waals surface area contributed by atoms with Gasteiger partial charge in [-0.1, -0.05) is 26.7 Å². The van der Waals surface area contributed by atoms with Crippen molar-refractivity contribution >= 4 is 45.2 Å². The Morgan fingerprint density at radius 2 is 1.20 bits per heavy atom. The molecule has 0 aliphatic heterocycles. The van der Waals surface area contributed by atoms with Crippen LogP contribution in [0.15, 0.2) is 7.16 Å². The number of halogens is 2. The molecule has 60 valence electrons. The minimum absolute atomic E-state index is 1.26. The Morgan fingerprint density at radius 1 is 0.900 bits per heavy atom. The van der Waals surface area contributed by atoms with Gasteiger partial charge in [-0.15, -0.1) is 0 Å². The lowest BCUT2D eigenvalue weighted by molar-refractivity contribution is 0.913. The predicted molar refractivity (Wildman–Crippen MR) is 64.9 cm³/mol. The van der Waals surface area contributed by atoms with Gasteiger partial charge in [0.05, 0.1) is 0 Å². The molecule has 0 amide bonds. The van der Waals surface area contributed by atoms with Crippen LogP contribution in [0.3, 0.4) is 0 Å². The molecule has 2 heteroatoms. The lowest BCUT2D eigenvalue weighted by Crippen LogP contribution is -1.77. The van der Waals surface area contributed by atoms with E-state index in [2.05, 4.69) is 59.0 Å². The van der Waals surface area contributed by atoms with Gasteiger partial charge in [-0.05, 0) is 65.2 Å². The highest BCUT2D eigenvalue weighted by atomic mass is 127. The van der Waals surface area contributed by atoms with E-state index in [1.165, 1.54) is 25.7 Å². The van der Waals surface area contributed by atoms with E-state index in [1.807, 2.05) is 0 Å². The summed E-state index contributed by atoms with van der Waals surface area (Å²) in [6.45, 7) is 4.46. The summed E-state index contributed by atoms with van der Waals surface area (Å²) in [4.78, 5) is 0. The summed E-state index contributed by atoms with van der Waals surface area (Å²) < 4.78 is 3.12. The van der Waals surface area contributed by atoms with E-state index in [-0.39, 0.29) is 0 Å². The number of hydrogen-bond acceptors (Lipinski definition) is 0. The molecule has 0 saturated heterocycles. The summed E-state index contributed by atoms with van der Waals surface area (Å²) in [6.07, 6.45) is 5.07. The van der Waals surface area contributed by atoms with Gasteiger partial charge in [0.15, 0.2) is 0 Å². The Kier molecular flexibility index (Phi) is 7.71. The van der Waals surface area contributed by atoms with Crippen molar-refractivity contribution in [2.45, 2.75) is 39.5 Å². The van der Waals surface area contributed by atoms with E-state index >= 15 is 0 Å². The van der Waals surface area contributed by atoms with Crippen molar-refractivity contribution in [3.05, 3.63) is 7.16 Å². The molecular weight excluding hydrogens is 350 g/mol. The molecule has 0 saturated carbocycles. The van der Waals surface area contributed by atoms with Crippen molar-refractivity contribution in [2.24, 2.45) is 0 Å². The first kappa shape index (κ1) is 11.2. The highest BCUT2D eigenvalue weighted by molar-refractivity contribution is 14.1. The van der Waals surface area contributed by atoms with Crippen LogP contribution in [-0.2, 0) is 0 Å². The second-order valence-electron chi connectivity index (χ2n) is 2.31. The molecule has 0 aromatic rings. The molecule has 0 heterocycles. The van der Waals surface area contributed by atoms with Crippen molar-refractivity contribution in [1.29, 1.82) is 0 Å². The summed E-state index contributed by atoms with van der Waals surface area (Å²) >= 11 is 4.93. The Bertz CT molecular complexity index is 102. The molecule has 0 aliphatic carbocycles. The molecule has 0 N–H and O–H groups in total. The fraction of sp³-hybridized carbons (Fsp3) is 0.750. The molecule has 10 heavy (non-hydrogen) atoms. The summed E-state index contributed by atoms with van der Waals surface area (Å²) in [5.74, 6) is 0. The van der Waals surface area contributed by atoms with Crippen LogP contribution in [0.2, 0.25) is 0 Å². The van der Waals surface area contributed by atoms with Crippen LogP contribution in [-0.4, -0.2) is 0 Å². The van der Waals surface area contributed by atoms with Crippen LogP contribution < -0.4 is 0 Å². The third-order valence-corrected chi connectivity index (χ3v) is 4.65. The second-order valence-corrected chi connectivity index (χ2v) is 4.91. The Balaban J connectivity index is 3.79. The van der Waals surface area contributed by atoms with Gasteiger partial charge >= 0.3 is 0 Å². The smallest absolute Gasteiger partial charge is 0.000153 e. The van der Waals surface area contributed by atoms with E-state index in [9.17, 15) is 0 Å². The first-order chi connectivity index (χ1) is 4.72. The number of rotatable bonds is 4. The zero-order valence-corrected chi connectivity index (χ0v) is 10.9. The molecule has 0 nitrogen and oxygen atoms in total. The second kappa shape index (κ2) is 6.88. The molecule has 0 unspecified atom stereocenters. The maximum atomic E-state index is 2.46. The van der Waals surface area contributed by atoms with Crippen molar-refractivity contribution < 1.29 is 0 Å². The first-order valence-corrected chi connectivity index (χ1v) is 5.91. The largest absolute Gasteiger partial charge is 0.0650 e. The van der Waals surface area contributed by atoms with Crippen molar-refractivity contribution in [3.8, 4) is 0 Å². The molecule has 0 aromatic heterocycles. The number of allylic oxidation sites excluding steroid dienone is 2. The predicted octanol–water partition coefficient (Wildman–Crippen LogP) is 4.67. The molecule has 0 atom stereocenters. The van der Waals surface area contributed by atoms with Gasteiger partial charge in [-0.2, -0.15) is 0 Å². The SMILES string of the molecule is CCCC(I)=C(I)CCC. The van der Waals surface area contributed by atoms with E-state index in [4.69, 9.17) is 0 Å². The maximum absolute atomic E-state index is 2.46. The Hall–Kier alpha value is 1.20. The quantitative estimate of drug-likeness (QED) is 0.637. The van der Waals surface area contributed by atoms with Crippen LogP contribution in [0.4, 0.5) is 0 Å². The van der Waals surface area contributed by atoms with Gasteiger partial charge in [0.25, 0.3) is 0 Å². The highest BCUT2D eigenvalue weighted by Crippen LogP contribution is 2.26. The van der Waals surface area contributed by atoms with Crippen LogP contribution >= 0.6 is 45.2 Å². The zero-order valence-electron chi connectivity index (χ0n) is 6.58. The van der Waals surface area contributed by atoms with E-state index in [1.54, 1.807) is 7.16 Å². The van der Waals surface area contributed by atoms with Crippen molar-refractivity contribution in [2.75, 3.05) is 0 Å². The standard InChI is InChI=1S/C8H14I2/c1-3-5-7(9)8(10)6-4-2/h3-6H2,1-2H3. The summed E-state index contributed by atoms with van der Waals surface area (Å²) in [6, 6.07) is 0.